The summed E-state index contributed by atoms with van der Waals surface area (Å²) in [6.07, 6.45) is 0. The van der Waals surface area contributed by atoms with E-state index in [1.54, 1.807) is 7.11 Å². The van der Waals surface area contributed by atoms with Gasteiger partial charge in [-0.25, -0.2) is 5.10 Å². The SMILES string of the molecule is COc1ccc(C)cc1-c1n[nH]c(=O)cc1CN. The number of hydrogen-bond acceptors (Lipinski definition) is 4. The van der Waals surface area contributed by atoms with Crippen molar-refractivity contribution in [2.75, 3.05) is 7.11 Å². The predicted molar refractivity (Wildman–Crippen MR) is 69.5 cm³/mol. The molecule has 5 nitrogen and oxygen atoms in total. The van der Waals surface area contributed by atoms with Gasteiger partial charge in [0.25, 0.3) is 5.56 Å². The molecule has 2 aromatic rings. The van der Waals surface area contributed by atoms with Crippen LogP contribution in [0.1, 0.15) is 11.1 Å². The van der Waals surface area contributed by atoms with Gasteiger partial charge in [0.15, 0.2) is 0 Å². The van der Waals surface area contributed by atoms with Gasteiger partial charge in [0.2, 0.25) is 0 Å². The molecule has 0 atom stereocenters. The molecule has 0 radical (unpaired) electrons. The van der Waals surface area contributed by atoms with E-state index in [1.807, 2.05) is 25.1 Å². The standard InChI is InChI=1S/C13H15N3O2/c1-8-3-4-11(18-2)10(5-8)13-9(7-14)6-12(17)15-16-13/h3-6H,7,14H2,1-2H3,(H,15,17). The molecule has 1 heterocycles. The van der Waals surface area contributed by atoms with Crippen LogP contribution in [-0.4, -0.2) is 17.3 Å². The number of methoxy groups -OCH3 is 1. The first-order chi connectivity index (χ1) is 8.65. The highest BCUT2D eigenvalue weighted by Crippen LogP contribution is 2.30. The lowest BCUT2D eigenvalue weighted by Gasteiger charge is -2.11. The molecule has 0 aliphatic rings. The molecular formula is C13H15N3O2. The number of aromatic amines is 1. The van der Waals surface area contributed by atoms with Gasteiger partial charge in [0, 0.05) is 18.2 Å². The summed E-state index contributed by atoms with van der Waals surface area (Å²) in [5.74, 6) is 0.704. The fourth-order valence-corrected chi connectivity index (χ4v) is 1.84. The minimum atomic E-state index is -0.259. The Balaban J connectivity index is 2.67. The fraction of sp³-hybridized carbons (Fsp3) is 0.231. The summed E-state index contributed by atoms with van der Waals surface area (Å²) in [4.78, 5) is 11.2. The second-order valence-electron chi connectivity index (χ2n) is 4.01. The van der Waals surface area contributed by atoms with Crippen LogP contribution in [0.25, 0.3) is 11.3 Å². The molecule has 0 bridgehead atoms. The molecule has 0 saturated heterocycles. The summed E-state index contributed by atoms with van der Waals surface area (Å²) in [5, 5.41) is 6.50. The van der Waals surface area contributed by atoms with Gasteiger partial charge in [-0.3, -0.25) is 4.79 Å². The molecule has 94 valence electrons. The second-order valence-corrected chi connectivity index (χ2v) is 4.01. The van der Waals surface area contributed by atoms with Crippen LogP contribution in [0.3, 0.4) is 0 Å². The molecule has 0 aliphatic carbocycles. The number of benzene rings is 1. The van der Waals surface area contributed by atoms with Gasteiger partial charge in [0.05, 0.1) is 12.8 Å². The Morgan fingerprint density at radius 1 is 1.39 bits per heavy atom. The van der Waals surface area contributed by atoms with Crippen LogP contribution in [0.2, 0.25) is 0 Å². The van der Waals surface area contributed by atoms with E-state index in [-0.39, 0.29) is 12.1 Å². The van der Waals surface area contributed by atoms with Crippen LogP contribution in [0.15, 0.2) is 29.1 Å². The van der Waals surface area contributed by atoms with Crippen molar-refractivity contribution in [3.05, 3.63) is 45.7 Å². The quantitative estimate of drug-likeness (QED) is 0.851. The minimum Gasteiger partial charge on any atom is -0.496 e. The van der Waals surface area contributed by atoms with Crippen molar-refractivity contribution in [1.82, 2.24) is 10.2 Å². The average molecular weight is 245 g/mol. The van der Waals surface area contributed by atoms with Gasteiger partial charge >= 0.3 is 0 Å². The molecule has 18 heavy (non-hydrogen) atoms. The Labute approximate surface area is 105 Å². The van der Waals surface area contributed by atoms with Crippen LogP contribution in [0.4, 0.5) is 0 Å². The van der Waals surface area contributed by atoms with E-state index in [4.69, 9.17) is 10.5 Å². The smallest absolute Gasteiger partial charge is 0.264 e. The zero-order valence-corrected chi connectivity index (χ0v) is 10.4. The highest BCUT2D eigenvalue weighted by Gasteiger charge is 2.12. The molecule has 0 saturated carbocycles. The normalized spacial score (nSPS) is 10.4. The predicted octanol–water partition coefficient (Wildman–Crippen LogP) is 1.21. The van der Waals surface area contributed by atoms with Crippen molar-refractivity contribution in [2.24, 2.45) is 5.73 Å². The van der Waals surface area contributed by atoms with E-state index in [1.165, 1.54) is 6.07 Å². The number of rotatable bonds is 3. The van der Waals surface area contributed by atoms with E-state index in [9.17, 15) is 4.79 Å². The number of aromatic nitrogens is 2. The molecule has 0 fully saturated rings. The summed E-state index contributed by atoms with van der Waals surface area (Å²) < 4.78 is 5.31. The molecule has 2 rings (SSSR count). The third-order valence-corrected chi connectivity index (χ3v) is 2.72. The lowest BCUT2D eigenvalue weighted by Crippen LogP contribution is -2.13. The molecular weight excluding hydrogens is 230 g/mol. The highest BCUT2D eigenvalue weighted by atomic mass is 16.5. The number of ether oxygens (including phenoxy) is 1. The number of hydrogen-bond donors (Lipinski definition) is 2. The van der Waals surface area contributed by atoms with E-state index in [0.29, 0.717) is 17.0 Å². The minimum absolute atomic E-state index is 0.253. The first kappa shape index (κ1) is 12.3. The van der Waals surface area contributed by atoms with Crippen molar-refractivity contribution in [3.8, 4) is 17.0 Å². The summed E-state index contributed by atoms with van der Waals surface area (Å²) in [6, 6.07) is 7.25. The third-order valence-electron chi connectivity index (χ3n) is 2.72. The number of aryl methyl sites for hydroxylation is 1. The zero-order chi connectivity index (χ0) is 13.1. The maximum atomic E-state index is 11.2. The van der Waals surface area contributed by atoms with E-state index >= 15 is 0 Å². The summed E-state index contributed by atoms with van der Waals surface area (Å²) in [5.41, 5.74) is 8.65. The van der Waals surface area contributed by atoms with Gasteiger partial charge in [-0.2, -0.15) is 5.10 Å². The average Bonchev–Trinajstić information content (AvgIpc) is 2.38. The van der Waals surface area contributed by atoms with E-state index < -0.39 is 0 Å². The lowest BCUT2D eigenvalue weighted by atomic mass is 10.0. The summed E-state index contributed by atoms with van der Waals surface area (Å²) >= 11 is 0. The first-order valence-corrected chi connectivity index (χ1v) is 5.59. The van der Waals surface area contributed by atoms with Crippen molar-refractivity contribution in [3.63, 3.8) is 0 Å². The van der Waals surface area contributed by atoms with Crippen LogP contribution in [0.5, 0.6) is 5.75 Å². The zero-order valence-electron chi connectivity index (χ0n) is 10.4. The Morgan fingerprint density at radius 2 is 2.17 bits per heavy atom. The number of nitrogens with zero attached hydrogens (tertiary/aromatic N) is 1. The maximum absolute atomic E-state index is 11.2. The van der Waals surface area contributed by atoms with Gasteiger partial charge in [-0.05, 0) is 24.6 Å². The molecule has 1 aromatic carbocycles. The van der Waals surface area contributed by atoms with Crippen molar-refractivity contribution in [1.29, 1.82) is 0 Å². The Bertz CT molecular complexity index is 620. The van der Waals surface area contributed by atoms with Crippen molar-refractivity contribution < 1.29 is 4.74 Å². The Morgan fingerprint density at radius 3 is 2.83 bits per heavy atom. The lowest BCUT2D eigenvalue weighted by molar-refractivity contribution is 0.416. The van der Waals surface area contributed by atoms with Crippen molar-refractivity contribution >= 4 is 0 Å². The van der Waals surface area contributed by atoms with Crippen LogP contribution in [-0.2, 0) is 6.54 Å². The van der Waals surface area contributed by atoms with Gasteiger partial charge < -0.3 is 10.5 Å². The second kappa shape index (κ2) is 5.01. The van der Waals surface area contributed by atoms with E-state index in [0.717, 1.165) is 11.1 Å². The van der Waals surface area contributed by atoms with E-state index in [2.05, 4.69) is 10.2 Å². The maximum Gasteiger partial charge on any atom is 0.264 e. The van der Waals surface area contributed by atoms with Gasteiger partial charge in [-0.1, -0.05) is 11.6 Å². The molecule has 3 N–H and O–H groups in total. The molecule has 0 spiro atoms. The number of H-pyrrole nitrogens is 1. The largest absolute Gasteiger partial charge is 0.496 e. The summed E-state index contributed by atoms with van der Waals surface area (Å²) in [6.45, 7) is 2.24. The Hall–Kier alpha value is -2.14. The van der Waals surface area contributed by atoms with Crippen LogP contribution >= 0.6 is 0 Å². The molecule has 1 aromatic heterocycles. The topological polar surface area (TPSA) is 81.0 Å². The van der Waals surface area contributed by atoms with Crippen molar-refractivity contribution in [2.45, 2.75) is 13.5 Å². The Kier molecular flexibility index (Phi) is 3.43. The number of nitrogens with one attached hydrogen (secondary N) is 1. The number of nitrogens with two attached hydrogens (primary N) is 1. The first-order valence-electron chi connectivity index (χ1n) is 5.59. The molecule has 5 heteroatoms. The molecule has 0 unspecified atom stereocenters. The van der Waals surface area contributed by atoms with Gasteiger partial charge in [-0.15, -0.1) is 0 Å². The third kappa shape index (κ3) is 2.26. The van der Waals surface area contributed by atoms with Crippen LogP contribution in [0, 0.1) is 6.92 Å². The van der Waals surface area contributed by atoms with Crippen LogP contribution < -0.4 is 16.0 Å². The highest BCUT2D eigenvalue weighted by molar-refractivity contribution is 5.70. The monoisotopic (exact) mass is 245 g/mol. The van der Waals surface area contributed by atoms with Gasteiger partial charge in [0.1, 0.15) is 5.75 Å². The molecule has 0 aliphatic heterocycles. The summed E-state index contributed by atoms with van der Waals surface area (Å²) in [7, 11) is 1.60. The fourth-order valence-electron chi connectivity index (χ4n) is 1.84. The molecule has 0 amide bonds.